The third-order valence-electron chi connectivity index (χ3n) is 1.55. The fourth-order valence-corrected chi connectivity index (χ4v) is 0.900. The molecule has 96 valence electrons. The predicted molar refractivity (Wildman–Crippen MR) is 55.4 cm³/mol. The summed E-state index contributed by atoms with van der Waals surface area (Å²) in [6.45, 7) is 4.16. The summed E-state index contributed by atoms with van der Waals surface area (Å²) in [4.78, 5) is 11.2. The van der Waals surface area contributed by atoms with E-state index < -0.39 is 18.8 Å². The molecule has 0 fully saturated rings. The Morgan fingerprint density at radius 3 is 2.38 bits per heavy atom. The van der Waals surface area contributed by atoms with Gasteiger partial charge < -0.3 is 14.8 Å². The van der Waals surface area contributed by atoms with E-state index in [1.165, 1.54) is 0 Å². The van der Waals surface area contributed by atoms with Gasteiger partial charge in [-0.05, 0) is 27.7 Å². The standard InChI is InChI=1S/C10H19F2NO3/c1-7(5-6-15-8(11)12)16-9(14)13-10(2,3)4/h7-8H,5-6H2,1-4H3,(H,13,14)/t7-/m0/s1. The second-order valence-electron chi connectivity index (χ2n) is 4.51. The van der Waals surface area contributed by atoms with E-state index in [1.807, 2.05) is 20.8 Å². The third kappa shape index (κ3) is 9.64. The van der Waals surface area contributed by atoms with E-state index in [0.717, 1.165) is 0 Å². The van der Waals surface area contributed by atoms with Crippen LogP contribution in [0.25, 0.3) is 0 Å². The number of hydrogen-bond donors (Lipinski definition) is 1. The Bertz CT molecular complexity index is 217. The molecule has 16 heavy (non-hydrogen) atoms. The molecule has 0 aliphatic heterocycles. The molecule has 0 heterocycles. The van der Waals surface area contributed by atoms with Gasteiger partial charge in [-0.1, -0.05) is 0 Å². The quantitative estimate of drug-likeness (QED) is 0.802. The summed E-state index contributed by atoms with van der Waals surface area (Å²) in [5.74, 6) is 0. The second kappa shape index (κ2) is 6.62. The summed E-state index contributed by atoms with van der Waals surface area (Å²) in [5.41, 5.74) is -0.379. The molecule has 0 spiro atoms. The van der Waals surface area contributed by atoms with Gasteiger partial charge in [-0.25, -0.2) is 4.79 Å². The lowest BCUT2D eigenvalue weighted by Gasteiger charge is -2.22. The number of ether oxygens (including phenoxy) is 2. The van der Waals surface area contributed by atoms with Gasteiger partial charge in [-0.3, -0.25) is 0 Å². The van der Waals surface area contributed by atoms with E-state index >= 15 is 0 Å². The fraction of sp³-hybridized carbons (Fsp3) is 0.900. The lowest BCUT2D eigenvalue weighted by molar-refractivity contribution is -0.133. The first-order valence-corrected chi connectivity index (χ1v) is 5.09. The lowest BCUT2D eigenvalue weighted by Crippen LogP contribution is -2.42. The highest BCUT2D eigenvalue weighted by Gasteiger charge is 2.17. The highest BCUT2D eigenvalue weighted by atomic mass is 19.3. The average Bonchev–Trinajstić information content (AvgIpc) is 1.98. The molecule has 1 amide bonds. The van der Waals surface area contributed by atoms with Crippen LogP contribution < -0.4 is 5.32 Å². The van der Waals surface area contributed by atoms with Crippen LogP contribution in [-0.4, -0.2) is 31.0 Å². The Morgan fingerprint density at radius 1 is 1.38 bits per heavy atom. The van der Waals surface area contributed by atoms with E-state index in [0.29, 0.717) is 0 Å². The summed E-state index contributed by atoms with van der Waals surface area (Å²) in [7, 11) is 0. The Labute approximate surface area is 94.3 Å². The molecular weight excluding hydrogens is 220 g/mol. The second-order valence-corrected chi connectivity index (χ2v) is 4.51. The van der Waals surface area contributed by atoms with Crippen molar-refractivity contribution < 1.29 is 23.0 Å². The molecule has 0 bridgehead atoms. The monoisotopic (exact) mass is 239 g/mol. The van der Waals surface area contributed by atoms with Crippen molar-refractivity contribution in [3.63, 3.8) is 0 Å². The minimum absolute atomic E-state index is 0.137. The highest BCUT2D eigenvalue weighted by Crippen LogP contribution is 2.04. The van der Waals surface area contributed by atoms with E-state index in [2.05, 4.69) is 10.1 Å². The molecule has 6 heteroatoms. The molecule has 0 aliphatic rings. The van der Waals surface area contributed by atoms with Crippen molar-refractivity contribution in [3.8, 4) is 0 Å². The molecule has 0 radical (unpaired) electrons. The smallest absolute Gasteiger partial charge is 0.407 e. The Morgan fingerprint density at radius 2 is 1.94 bits per heavy atom. The molecule has 0 saturated carbocycles. The number of nitrogens with one attached hydrogen (secondary N) is 1. The van der Waals surface area contributed by atoms with Crippen LogP contribution in [0.4, 0.5) is 13.6 Å². The SMILES string of the molecule is C[C@@H](CCOC(F)F)OC(=O)NC(C)(C)C. The zero-order chi connectivity index (χ0) is 12.8. The molecular formula is C10H19F2NO3. The molecule has 0 aromatic rings. The Hall–Kier alpha value is -0.910. The normalized spacial score (nSPS) is 13.7. The first-order chi connectivity index (χ1) is 7.20. The van der Waals surface area contributed by atoms with Crippen LogP contribution in [0, 0.1) is 0 Å². The number of alkyl halides is 2. The summed E-state index contributed by atoms with van der Waals surface area (Å²) in [6, 6.07) is 0. The summed E-state index contributed by atoms with van der Waals surface area (Å²) in [5, 5.41) is 2.60. The molecule has 0 aliphatic carbocycles. The molecule has 0 aromatic heterocycles. The van der Waals surface area contributed by atoms with Crippen molar-refractivity contribution in [1.82, 2.24) is 5.32 Å². The molecule has 0 saturated heterocycles. The topological polar surface area (TPSA) is 47.6 Å². The number of carbonyl (C=O) groups excluding carboxylic acids is 1. The zero-order valence-corrected chi connectivity index (χ0v) is 10.0. The van der Waals surface area contributed by atoms with Crippen molar-refractivity contribution in [2.24, 2.45) is 0 Å². The number of rotatable bonds is 5. The van der Waals surface area contributed by atoms with Gasteiger partial charge in [-0.2, -0.15) is 8.78 Å². The molecule has 4 nitrogen and oxygen atoms in total. The summed E-state index contributed by atoms with van der Waals surface area (Å²) in [6.07, 6.45) is -0.778. The maximum Gasteiger partial charge on any atom is 0.407 e. The Balaban J connectivity index is 3.70. The molecule has 1 N–H and O–H groups in total. The van der Waals surface area contributed by atoms with Crippen LogP contribution >= 0.6 is 0 Å². The molecule has 0 rings (SSSR count). The van der Waals surface area contributed by atoms with Crippen molar-refractivity contribution in [2.45, 2.75) is 52.4 Å². The summed E-state index contributed by atoms with van der Waals surface area (Å²) < 4.78 is 32.2. The minimum atomic E-state index is -2.78. The first-order valence-electron chi connectivity index (χ1n) is 5.09. The lowest BCUT2D eigenvalue weighted by atomic mass is 10.1. The largest absolute Gasteiger partial charge is 0.446 e. The van der Waals surface area contributed by atoms with Crippen LogP contribution in [0.3, 0.4) is 0 Å². The predicted octanol–water partition coefficient (Wildman–Crippen LogP) is 2.53. The third-order valence-corrected chi connectivity index (χ3v) is 1.55. The highest BCUT2D eigenvalue weighted by molar-refractivity contribution is 5.68. The van der Waals surface area contributed by atoms with Crippen LogP contribution in [-0.2, 0) is 9.47 Å². The van der Waals surface area contributed by atoms with Gasteiger partial charge in [0, 0.05) is 12.0 Å². The number of halogens is 2. The van der Waals surface area contributed by atoms with Crippen LogP contribution in [0.2, 0.25) is 0 Å². The van der Waals surface area contributed by atoms with Gasteiger partial charge in [0.15, 0.2) is 0 Å². The number of hydrogen-bond acceptors (Lipinski definition) is 3. The zero-order valence-electron chi connectivity index (χ0n) is 10.0. The van der Waals surface area contributed by atoms with E-state index in [-0.39, 0.29) is 18.6 Å². The van der Waals surface area contributed by atoms with Gasteiger partial charge in [0.25, 0.3) is 0 Å². The minimum Gasteiger partial charge on any atom is -0.446 e. The van der Waals surface area contributed by atoms with Gasteiger partial charge in [-0.15, -0.1) is 0 Å². The van der Waals surface area contributed by atoms with Crippen molar-refractivity contribution in [3.05, 3.63) is 0 Å². The van der Waals surface area contributed by atoms with E-state index in [1.54, 1.807) is 6.92 Å². The van der Waals surface area contributed by atoms with Crippen LogP contribution in [0.1, 0.15) is 34.1 Å². The maximum atomic E-state index is 11.6. The van der Waals surface area contributed by atoms with Crippen molar-refractivity contribution >= 4 is 6.09 Å². The first kappa shape index (κ1) is 15.1. The number of amides is 1. The van der Waals surface area contributed by atoms with Gasteiger partial charge in [0.2, 0.25) is 0 Å². The molecule has 0 aromatic carbocycles. The van der Waals surface area contributed by atoms with E-state index in [9.17, 15) is 13.6 Å². The Kier molecular flexibility index (Phi) is 6.25. The molecule has 0 unspecified atom stereocenters. The summed E-state index contributed by atoms with van der Waals surface area (Å²) >= 11 is 0. The average molecular weight is 239 g/mol. The molecule has 1 atom stereocenters. The van der Waals surface area contributed by atoms with Crippen LogP contribution in [0.5, 0.6) is 0 Å². The van der Waals surface area contributed by atoms with E-state index in [4.69, 9.17) is 4.74 Å². The van der Waals surface area contributed by atoms with Crippen LogP contribution in [0.15, 0.2) is 0 Å². The van der Waals surface area contributed by atoms with Gasteiger partial charge in [0.05, 0.1) is 6.61 Å². The van der Waals surface area contributed by atoms with Crippen molar-refractivity contribution in [1.29, 1.82) is 0 Å². The fourth-order valence-electron chi connectivity index (χ4n) is 0.900. The van der Waals surface area contributed by atoms with Crippen molar-refractivity contribution in [2.75, 3.05) is 6.61 Å². The van der Waals surface area contributed by atoms with Gasteiger partial charge >= 0.3 is 12.7 Å². The number of alkyl carbamates (subject to hydrolysis) is 1. The number of carbonyl (C=O) groups is 1. The van der Waals surface area contributed by atoms with Gasteiger partial charge in [0.1, 0.15) is 6.10 Å². The maximum absolute atomic E-state index is 11.6.